The number of rotatable bonds is 4. The summed E-state index contributed by atoms with van der Waals surface area (Å²) in [5, 5.41) is 0. The molecule has 0 bridgehead atoms. The van der Waals surface area contributed by atoms with Crippen LogP contribution in [-0.4, -0.2) is 26.8 Å². The van der Waals surface area contributed by atoms with E-state index < -0.39 is 9.84 Å². The van der Waals surface area contributed by atoms with Crippen molar-refractivity contribution in [3.63, 3.8) is 0 Å². The largest absolute Gasteiger partial charge is 0.496 e. The van der Waals surface area contributed by atoms with Crippen molar-refractivity contribution in [2.45, 2.75) is 12.7 Å². The molecule has 0 amide bonds. The Hall–Kier alpha value is -1.88. The molecule has 0 radical (unpaired) electrons. The van der Waals surface area contributed by atoms with Gasteiger partial charge < -0.3 is 4.74 Å². The summed E-state index contributed by atoms with van der Waals surface area (Å²) < 4.78 is 27.8. The molecule has 0 aliphatic rings. The first-order valence-electron chi connectivity index (χ1n) is 6.17. The minimum Gasteiger partial charge on any atom is -0.496 e. The molecule has 0 atom stereocenters. The fraction of sp³-hybridized carbons (Fsp3) is 0.267. The number of benzene rings is 1. The minimum absolute atomic E-state index is 0.00519. The third-order valence-electron chi connectivity index (χ3n) is 2.88. The number of sulfone groups is 1. The second-order valence-electron chi connectivity index (χ2n) is 4.83. The lowest BCUT2D eigenvalue weighted by Crippen LogP contribution is -2.01. The van der Waals surface area contributed by atoms with Crippen LogP contribution in [0.3, 0.4) is 0 Å². The van der Waals surface area contributed by atoms with Gasteiger partial charge in [-0.1, -0.05) is 17.7 Å². The minimum atomic E-state index is -3.04. The van der Waals surface area contributed by atoms with E-state index in [0.29, 0.717) is 5.56 Å². The summed E-state index contributed by atoms with van der Waals surface area (Å²) in [6.07, 6.45) is 2.81. The van der Waals surface area contributed by atoms with Crippen molar-refractivity contribution in [1.82, 2.24) is 4.98 Å². The van der Waals surface area contributed by atoms with E-state index in [0.717, 1.165) is 22.6 Å². The number of hydrogen-bond acceptors (Lipinski definition) is 4. The number of aryl methyl sites for hydroxylation is 1. The van der Waals surface area contributed by atoms with Gasteiger partial charge in [0, 0.05) is 18.0 Å². The number of nitrogens with zero attached hydrogens (tertiary/aromatic N) is 1. The topological polar surface area (TPSA) is 56.3 Å². The molecule has 0 spiro atoms. The normalized spacial score (nSPS) is 11.3. The standard InChI is InChI=1S/C15H17NO3S/c1-11-4-7-15(19-2)13(8-11)14-6-5-12(9-16-14)10-20(3,17)18/h4-9H,10H2,1-3H3. The van der Waals surface area contributed by atoms with Gasteiger partial charge in [-0.05, 0) is 30.7 Å². The molecule has 1 heterocycles. The van der Waals surface area contributed by atoms with Gasteiger partial charge in [-0.25, -0.2) is 8.42 Å². The van der Waals surface area contributed by atoms with Crippen LogP contribution in [0.2, 0.25) is 0 Å². The maximum Gasteiger partial charge on any atom is 0.151 e. The molecule has 0 N–H and O–H groups in total. The lowest BCUT2D eigenvalue weighted by Gasteiger charge is -2.09. The van der Waals surface area contributed by atoms with E-state index in [1.165, 1.54) is 6.26 Å². The van der Waals surface area contributed by atoms with E-state index in [-0.39, 0.29) is 5.75 Å². The highest BCUT2D eigenvalue weighted by Gasteiger charge is 2.09. The Labute approximate surface area is 119 Å². The Morgan fingerprint density at radius 3 is 2.50 bits per heavy atom. The SMILES string of the molecule is COc1ccc(C)cc1-c1ccc(CS(C)(=O)=O)cn1. The lowest BCUT2D eigenvalue weighted by molar-refractivity contribution is 0.416. The Balaban J connectivity index is 2.37. The fourth-order valence-electron chi connectivity index (χ4n) is 1.99. The van der Waals surface area contributed by atoms with Crippen molar-refractivity contribution in [3.8, 4) is 17.0 Å². The first-order chi connectivity index (χ1) is 9.39. The first-order valence-corrected chi connectivity index (χ1v) is 8.23. The van der Waals surface area contributed by atoms with Gasteiger partial charge in [-0.3, -0.25) is 4.98 Å². The number of aromatic nitrogens is 1. The van der Waals surface area contributed by atoms with Crippen molar-refractivity contribution in [2.24, 2.45) is 0 Å². The highest BCUT2D eigenvalue weighted by atomic mass is 32.2. The van der Waals surface area contributed by atoms with Crippen LogP contribution >= 0.6 is 0 Å². The molecule has 0 aliphatic heterocycles. The summed E-state index contributed by atoms with van der Waals surface area (Å²) >= 11 is 0. The summed E-state index contributed by atoms with van der Waals surface area (Å²) in [6, 6.07) is 9.47. The summed E-state index contributed by atoms with van der Waals surface area (Å²) in [5.41, 5.74) is 3.46. The van der Waals surface area contributed by atoms with Crippen molar-refractivity contribution in [2.75, 3.05) is 13.4 Å². The number of methoxy groups -OCH3 is 1. The molecular formula is C15H17NO3S. The molecular weight excluding hydrogens is 274 g/mol. The second-order valence-corrected chi connectivity index (χ2v) is 6.97. The molecule has 0 saturated carbocycles. The fourth-order valence-corrected chi connectivity index (χ4v) is 2.77. The zero-order chi connectivity index (χ0) is 14.8. The monoisotopic (exact) mass is 291 g/mol. The zero-order valence-corrected chi connectivity index (χ0v) is 12.6. The van der Waals surface area contributed by atoms with Crippen molar-refractivity contribution >= 4 is 9.84 Å². The van der Waals surface area contributed by atoms with E-state index in [1.807, 2.05) is 31.2 Å². The Morgan fingerprint density at radius 2 is 1.95 bits per heavy atom. The van der Waals surface area contributed by atoms with Crippen molar-refractivity contribution in [1.29, 1.82) is 0 Å². The molecule has 2 rings (SSSR count). The summed E-state index contributed by atoms with van der Waals surface area (Å²) in [4.78, 5) is 4.34. The van der Waals surface area contributed by atoms with Gasteiger partial charge in [0.1, 0.15) is 5.75 Å². The molecule has 0 unspecified atom stereocenters. The molecule has 2 aromatic rings. The van der Waals surface area contributed by atoms with Crippen molar-refractivity contribution in [3.05, 3.63) is 47.7 Å². The third-order valence-corrected chi connectivity index (χ3v) is 3.74. The van der Waals surface area contributed by atoms with Crippen LogP contribution in [0.25, 0.3) is 11.3 Å². The van der Waals surface area contributed by atoms with Crippen LogP contribution in [0, 0.1) is 6.92 Å². The Bertz CT molecular complexity index is 706. The highest BCUT2D eigenvalue weighted by molar-refractivity contribution is 7.89. The number of hydrogen-bond donors (Lipinski definition) is 0. The predicted molar refractivity (Wildman–Crippen MR) is 79.5 cm³/mol. The maximum atomic E-state index is 11.3. The average Bonchev–Trinajstić information content (AvgIpc) is 2.38. The Kier molecular flexibility index (Phi) is 4.09. The first kappa shape index (κ1) is 14.5. The van der Waals surface area contributed by atoms with E-state index in [9.17, 15) is 8.42 Å². The van der Waals surface area contributed by atoms with Gasteiger partial charge in [0.2, 0.25) is 0 Å². The van der Waals surface area contributed by atoms with Crippen LogP contribution in [0.4, 0.5) is 0 Å². The van der Waals surface area contributed by atoms with Crippen LogP contribution in [0.5, 0.6) is 5.75 Å². The van der Waals surface area contributed by atoms with Crippen LogP contribution in [0.1, 0.15) is 11.1 Å². The quantitative estimate of drug-likeness (QED) is 0.869. The maximum absolute atomic E-state index is 11.3. The van der Waals surface area contributed by atoms with Gasteiger partial charge >= 0.3 is 0 Å². The van der Waals surface area contributed by atoms with E-state index >= 15 is 0 Å². The molecule has 20 heavy (non-hydrogen) atoms. The van der Waals surface area contributed by atoms with Gasteiger partial charge in [0.15, 0.2) is 9.84 Å². The Morgan fingerprint density at radius 1 is 1.20 bits per heavy atom. The summed E-state index contributed by atoms with van der Waals surface area (Å²) in [5.74, 6) is 0.754. The average molecular weight is 291 g/mol. The zero-order valence-electron chi connectivity index (χ0n) is 11.8. The summed E-state index contributed by atoms with van der Waals surface area (Å²) in [6.45, 7) is 2.00. The molecule has 0 saturated heterocycles. The van der Waals surface area contributed by atoms with Gasteiger partial charge in [0.05, 0.1) is 18.6 Å². The van der Waals surface area contributed by atoms with Crippen LogP contribution in [0.15, 0.2) is 36.5 Å². The van der Waals surface area contributed by atoms with Gasteiger partial charge in [0.25, 0.3) is 0 Å². The van der Waals surface area contributed by atoms with Gasteiger partial charge in [-0.15, -0.1) is 0 Å². The van der Waals surface area contributed by atoms with E-state index in [2.05, 4.69) is 4.98 Å². The molecule has 0 fully saturated rings. The lowest BCUT2D eigenvalue weighted by atomic mass is 10.1. The van der Waals surface area contributed by atoms with E-state index in [1.54, 1.807) is 19.4 Å². The molecule has 0 aliphatic carbocycles. The number of ether oxygens (including phenoxy) is 1. The van der Waals surface area contributed by atoms with Crippen molar-refractivity contribution < 1.29 is 13.2 Å². The highest BCUT2D eigenvalue weighted by Crippen LogP contribution is 2.29. The smallest absolute Gasteiger partial charge is 0.151 e. The molecule has 106 valence electrons. The predicted octanol–water partition coefficient (Wildman–Crippen LogP) is 2.61. The number of pyridine rings is 1. The van der Waals surface area contributed by atoms with Crippen LogP contribution in [-0.2, 0) is 15.6 Å². The van der Waals surface area contributed by atoms with Crippen LogP contribution < -0.4 is 4.74 Å². The summed E-state index contributed by atoms with van der Waals surface area (Å²) in [7, 11) is -1.42. The molecule has 1 aromatic heterocycles. The molecule has 5 heteroatoms. The van der Waals surface area contributed by atoms with Gasteiger partial charge in [-0.2, -0.15) is 0 Å². The molecule has 4 nitrogen and oxygen atoms in total. The third kappa shape index (κ3) is 3.57. The second kappa shape index (κ2) is 5.63. The molecule has 1 aromatic carbocycles. The van der Waals surface area contributed by atoms with E-state index in [4.69, 9.17) is 4.74 Å².